The highest BCUT2D eigenvalue weighted by atomic mass is 32.2. The first-order valence-corrected chi connectivity index (χ1v) is 12.3. The van der Waals surface area contributed by atoms with Crippen LogP contribution >= 0.6 is 11.8 Å². The highest BCUT2D eigenvalue weighted by molar-refractivity contribution is 7.99. The zero-order valence-electron chi connectivity index (χ0n) is 18.4. The highest BCUT2D eigenvalue weighted by Gasteiger charge is 2.34. The molecule has 2 aromatic rings. The fourth-order valence-electron chi connectivity index (χ4n) is 4.40. The van der Waals surface area contributed by atoms with Crippen molar-refractivity contribution in [3.05, 3.63) is 36.0 Å². The first-order chi connectivity index (χ1) is 15.0. The van der Waals surface area contributed by atoms with Crippen molar-refractivity contribution in [3.63, 3.8) is 0 Å². The Morgan fingerprint density at radius 1 is 1.39 bits per heavy atom. The minimum Gasteiger partial charge on any atom is -0.497 e. The van der Waals surface area contributed by atoms with Crippen molar-refractivity contribution < 1.29 is 19.0 Å². The molecule has 2 heterocycles. The molecule has 3 rings (SSSR count). The van der Waals surface area contributed by atoms with E-state index in [1.54, 1.807) is 19.4 Å². The molecule has 0 bridgehead atoms. The number of aliphatic carboxylic acids is 1. The third-order valence-corrected chi connectivity index (χ3v) is 7.34. The number of pyridine rings is 1. The van der Waals surface area contributed by atoms with Crippen LogP contribution in [0.1, 0.15) is 44.3 Å². The molecule has 0 unspecified atom stereocenters. The van der Waals surface area contributed by atoms with Gasteiger partial charge in [0.15, 0.2) is 0 Å². The second kappa shape index (κ2) is 11.7. The van der Waals surface area contributed by atoms with E-state index in [1.807, 2.05) is 30.0 Å². The molecule has 1 saturated heterocycles. The number of halogens is 1. The van der Waals surface area contributed by atoms with Crippen molar-refractivity contribution in [2.75, 3.05) is 38.2 Å². The summed E-state index contributed by atoms with van der Waals surface area (Å²) >= 11 is 1.92. The van der Waals surface area contributed by atoms with Crippen molar-refractivity contribution in [2.45, 2.75) is 38.8 Å². The lowest BCUT2D eigenvalue weighted by molar-refractivity contribution is -0.146. The maximum absolute atomic E-state index is 15.3. The fraction of sp³-hybridized carbons (Fsp3) is 0.583. The number of carbonyl (C=O) groups is 1. The van der Waals surface area contributed by atoms with Crippen molar-refractivity contribution in [2.24, 2.45) is 11.8 Å². The molecule has 1 aliphatic rings. The number of aromatic nitrogens is 1. The maximum atomic E-state index is 15.3. The molecule has 1 aromatic carbocycles. The average molecular weight is 449 g/mol. The Bertz CT molecular complexity index is 866. The van der Waals surface area contributed by atoms with E-state index < -0.39 is 18.1 Å². The Labute approximate surface area is 188 Å². The number of benzene rings is 1. The molecule has 1 fully saturated rings. The molecule has 31 heavy (non-hydrogen) atoms. The van der Waals surface area contributed by atoms with Crippen LogP contribution < -0.4 is 4.74 Å². The Kier molecular flexibility index (Phi) is 8.96. The van der Waals surface area contributed by atoms with Gasteiger partial charge in [-0.15, -0.1) is 0 Å². The van der Waals surface area contributed by atoms with Gasteiger partial charge in [-0.05, 0) is 73.7 Å². The van der Waals surface area contributed by atoms with Crippen LogP contribution in [0.25, 0.3) is 10.9 Å². The zero-order chi connectivity index (χ0) is 22.2. The van der Waals surface area contributed by atoms with Crippen molar-refractivity contribution >= 4 is 28.6 Å². The number of piperidine rings is 1. The molecule has 0 spiro atoms. The summed E-state index contributed by atoms with van der Waals surface area (Å²) in [7, 11) is 1.59. The number of rotatable bonds is 11. The molecular weight excluding hydrogens is 415 g/mol. The van der Waals surface area contributed by atoms with E-state index in [0.29, 0.717) is 30.7 Å². The number of ether oxygens (including phenoxy) is 1. The van der Waals surface area contributed by atoms with Crippen LogP contribution in [-0.2, 0) is 4.79 Å². The van der Waals surface area contributed by atoms with Gasteiger partial charge in [-0.1, -0.05) is 6.92 Å². The van der Waals surface area contributed by atoms with E-state index in [1.165, 1.54) is 0 Å². The normalized spacial score (nSPS) is 20.6. The molecule has 1 aromatic heterocycles. The fourth-order valence-corrected chi connectivity index (χ4v) is 5.28. The van der Waals surface area contributed by atoms with Crippen LogP contribution in [0.15, 0.2) is 30.5 Å². The zero-order valence-corrected chi connectivity index (χ0v) is 19.2. The molecule has 7 heteroatoms. The van der Waals surface area contributed by atoms with Crippen LogP contribution in [0.5, 0.6) is 5.75 Å². The molecule has 0 amide bonds. The summed E-state index contributed by atoms with van der Waals surface area (Å²) < 4.78 is 20.6. The van der Waals surface area contributed by atoms with E-state index in [-0.39, 0.29) is 5.92 Å². The van der Waals surface area contributed by atoms with Crippen LogP contribution in [0, 0.1) is 11.8 Å². The van der Waals surface area contributed by atoms with Crippen LogP contribution in [-0.4, -0.2) is 59.2 Å². The molecule has 0 radical (unpaired) electrons. The number of methoxy groups -OCH3 is 1. The van der Waals surface area contributed by atoms with Crippen molar-refractivity contribution in [3.8, 4) is 5.75 Å². The Morgan fingerprint density at radius 3 is 2.97 bits per heavy atom. The Balaban J connectivity index is 1.61. The predicted molar refractivity (Wildman–Crippen MR) is 125 cm³/mol. The first kappa shape index (κ1) is 23.8. The summed E-state index contributed by atoms with van der Waals surface area (Å²) in [6, 6.07) is 7.19. The van der Waals surface area contributed by atoms with Gasteiger partial charge in [0.1, 0.15) is 11.9 Å². The van der Waals surface area contributed by atoms with Gasteiger partial charge in [-0.25, -0.2) is 4.39 Å². The summed E-state index contributed by atoms with van der Waals surface area (Å²) in [5.41, 5.74) is 1.33. The number of hydrogen-bond acceptors (Lipinski definition) is 5. The minimum atomic E-state index is -1.16. The molecule has 170 valence electrons. The number of carboxylic acids is 1. The number of carboxylic acid groups (broad SMARTS) is 1. The molecular formula is C24H33FN2O3S. The third-order valence-electron chi connectivity index (χ3n) is 6.17. The standard InChI is InChI=1S/C24H33FN2O3S/c1-3-13-31-14-12-27-11-9-17(21(16-27)24(28)29)4-6-22(25)19-8-10-26-23-7-5-18(30-2)15-20(19)23/h5,7-8,10,15,17,21-22H,3-4,6,9,11-14,16H2,1-2H3,(H,28,29)/t17-,21+,22-/m1/s1. The molecule has 3 atom stereocenters. The van der Waals surface area contributed by atoms with Gasteiger partial charge < -0.3 is 14.7 Å². The first-order valence-electron chi connectivity index (χ1n) is 11.1. The second-order valence-corrected chi connectivity index (χ2v) is 9.46. The number of fused-ring (bicyclic) bond motifs is 1. The van der Waals surface area contributed by atoms with E-state index in [9.17, 15) is 9.90 Å². The molecule has 1 aliphatic heterocycles. The summed E-state index contributed by atoms with van der Waals surface area (Å²) in [4.78, 5) is 18.5. The molecule has 5 nitrogen and oxygen atoms in total. The number of thioether (sulfide) groups is 1. The molecule has 1 N–H and O–H groups in total. The largest absolute Gasteiger partial charge is 0.497 e. The van der Waals surface area contributed by atoms with Crippen LogP contribution in [0.3, 0.4) is 0 Å². The van der Waals surface area contributed by atoms with Crippen LogP contribution in [0.2, 0.25) is 0 Å². The number of likely N-dealkylation sites (tertiary alicyclic amines) is 1. The highest BCUT2D eigenvalue weighted by Crippen LogP contribution is 2.35. The Hall–Kier alpha value is -1.86. The van der Waals surface area contributed by atoms with E-state index >= 15 is 4.39 Å². The molecule has 0 saturated carbocycles. The molecule has 0 aliphatic carbocycles. The van der Waals surface area contributed by atoms with Gasteiger partial charge in [0.2, 0.25) is 0 Å². The second-order valence-electron chi connectivity index (χ2n) is 8.23. The van der Waals surface area contributed by atoms with Gasteiger partial charge in [0, 0.05) is 30.4 Å². The summed E-state index contributed by atoms with van der Waals surface area (Å²) in [5.74, 6) is 1.68. The smallest absolute Gasteiger partial charge is 0.308 e. The van der Waals surface area contributed by atoms with Gasteiger partial charge >= 0.3 is 5.97 Å². The van der Waals surface area contributed by atoms with E-state index in [2.05, 4.69) is 16.8 Å². The van der Waals surface area contributed by atoms with Gasteiger partial charge in [0.05, 0.1) is 18.5 Å². The summed E-state index contributed by atoms with van der Waals surface area (Å²) in [6.07, 6.45) is 3.34. The predicted octanol–water partition coefficient (Wildman–Crippen LogP) is 5.20. The summed E-state index contributed by atoms with van der Waals surface area (Å²) in [6.45, 7) is 4.56. The lowest BCUT2D eigenvalue weighted by Crippen LogP contribution is -2.44. The number of hydrogen-bond donors (Lipinski definition) is 1. The Morgan fingerprint density at radius 2 is 2.23 bits per heavy atom. The van der Waals surface area contributed by atoms with E-state index in [4.69, 9.17) is 4.74 Å². The van der Waals surface area contributed by atoms with Gasteiger partial charge in [-0.3, -0.25) is 9.78 Å². The monoisotopic (exact) mass is 448 g/mol. The van der Waals surface area contributed by atoms with Crippen molar-refractivity contribution in [1.29, 1.82) is 0 Å². The van der Waals surface area contributed by atoms with Crippen molar-refractivity contribution in [1.82, 2.24) is 9.88 Å². The van der Waals surface area contributed by atoms with E-state index in [0.717, 1.165) is 48.3 Å². The quantitative estimate of drug-likeness (QED) is 0.477. The summed E-state index contributed by atoms with van der Waals surface area (Å²) in [5, 5.41) is 10.5. The number of alkyl halides is 1. The minimum absolute atomic E-state index is 0.0120. The topological polar surface area (TPSA) is 62.7 Å². The average Bonchev–Trinajstić information content (AvgIpc) is 2.79. The van der Waals surface area contributed by atoms with Gasteiger partial charge in [-0.2, -0.15) is 11.8 Å². The number of nitrogens with zero attached hydrogens (tertiary/aromatic N) is 2. The van der Waals surface area contributed by atoms with Crippen LogP contribution in [0.4, 0.5) is 4.39 Å². The van der Waals surface area contributed by atoms with Gasteiger partial charge in [0.25, 0.3) is 0 Å². The maximum Gasteiger partial charge on any atom is 0.308 e. The SMILES string of the molecule is CCCSCCN1CC[C@@H](CC[C@@H](F)c2ccnc3ccc(OC)cc23)[C@@H](C(=O)O)C1. The third kappa shape index (κ3) is 6.32. The lowest BCUT2D eigenvalue weighted by atomic mass is 9.81. The lowest BCUT2D eigenvalue weighted by Gasteiger charge is -2.36.